The van der Waals surface area contributed by atoms with E-state index in [1.165, 1.54) is 19.3 Å². The molecule has 1 aliphatic carbocycles. The fraction of sp³-hybridized carbons (Fsp3) is 0.692. The number of thioether (sulfide) groups is 1. The van der Waals surface area contributed by atoms with Crippen molar-refractivity contribution in [2.24, 2.45) is 0 Å². The molecule has 3 atom stereocenters. The molecule has 2 nitrogen and oxygen atoms in total. The highest BCUT2D eigenvalue weighted by Gasteiger charge is 2.25. The van der Waals surface area contributed by atoms with Crippen LogP contribution in [-0.2, 0) is 0 Å². The maximum atomic E-state index is 5.64. The Bertz CT molecular complexity index is 336. The minimum atomic E-state index is 0.333. The second kappa shape index (κ2) is 5.28. The normalized spacial score (nSPS) is 27.2. The van der Waals surface area contributed by atoms with E-state index < -0.39 is 0 Å². The van der Waals surface area contributed by atoms with Gasteiger partial charge in [0, 0.05) is 11.3 Å². The van der Waals surface area contributed by atoms with Crippen molar-refractivity contribution in [1.29, 1.82) is 0 Å². The molecule has 0 spiro atoms. The van der Waals surface area contributed by atoms with Crippen molar-refractivity contribution in [2.45, 2.75) is 50.4 Å². The van der Waals surface area contributed by atoms with Crippen LogP contribution in [0.25, 0.3) is 0 Å². The summed E-state index contributed by atoms with van der Waals surface area (Å²) in [6.07, 6.45) is 6.16. The number of aryl methyl sites for hydroxylation is 1. The molecule has 1 N–H and O–H groups in total. The molecule has 0 amide bonds. The Morgan fingerprint density at radius 1 is 1.44 bits per heavy atom. The SMILES string of the molecule is CS[C@@H]1CC[C@H](N[C@@H](C)c2ccc(C)o2)C1. The van der Waals surface area contributed by atoms with Crippen molar-refractivity contribution in [3.8, 4) is 0 Å². The van der Waals surface area contributed by atoms with Gasteiger partial charge in [0.1, 0.15) is 11.5 Å². The van der Waals surface area contributed by atoms with Crippen LogP contribution in [0.3, 0.4) is 0 Å². The molecular weight excluding hydrogens is 218 g/mol. The smallest absolute Gasteiger partial charge is 0.120 e. The van der Waals surface area contributed by atoms with Gasteiger partial charge in [-0.25, -0.2) is 0 Å². The van der Waals surface area contributed by atoms with Crippen LogP contribution in [0.4, 0.5) is 0 Å². The van der Waals surface area contributed by atoms with E-state index in [-0.39, 0.29) is 0 Å². The molecule has 90 valence electrons. The summed E-state index contributed by atoms with van der Waals surface area (Å²) in [5.41, 5.74) is 0. The predicted molar refractivity (Wildman–Crippen MR) is 69.9 cm³/mol. The molecule has 1 aromatic rings. The molecule has 0 unspecified atom stereocenters. The van der Waals surface area contributed by atoms with Gasteiger partial charge >= 0.3 is 0 Å². The van der Waals surface area contributed by atoms with Crippen molar-refractivity contribution in [2.75, 3.05) is 6.26 Å². The van der Waals surface area contributed by atoms with Crippen LogP contribution in [0.2, 0.25) is 0 Å². The van der Waals surface area contributed by atoms with Gasteiger partial charge in [-0.1, -0.05) is 0 Å². The fourth-order valence-corrected chi connectivity index (χ4v) is 3.22. The van der Waals surface area contributed by atoms with Gasteiger partial charge in [-0.15, -0.1) is 0 Å². The van der Waals surface area contributed by atoms with Crippen LogP contribution >= 0.6 is 11.8 Å². The Hall–Kier alpha value is -0.410. The topological polar surface area (TPSA) is 25.2 Å². The molecule has 1 heterocycles. The maximum Gasteiger partial charge on any atom is 0.120 e. The van der Waals surface area contributed by atoms with Gasteiger partial charge in [0.15, 0.2) is 0 Å². The second-order valence-corrected chi connectivity index (χ2v) is 5.84. The van der Waals surface area contributed by atoms with E-state index in [4.69, 9.17) is 4.42 Å². The van der Waals surface area contributed by atoms with Crippen molar-refractivity contribution in [3.05, 3.63) is 23.7 Å². The quantitative estimate of drug-likeness (QED) is 0.870. The lowest BCUT2D eigenvalue weighted by Gasteiger charge is -2.17. The van der Waals surface area contributed by atoms with Crippen LogP contribution in [-0.4, -0.2) is 17.5 Å². The summed E-state index contributed by atoms with van der Waals surface area (Å²) in [4.78, 5) is 0. The van der Waals surface area contributed by atoms with Gasteiger partial charge in [0.2, 0.25) is 0 Å². The zero-order valence-corrected chi connectivity index (χ0v) is 11.1. The Kier molecular flexibility index (Phi) is 3.98. The van der Waals surface area contributed by atoms with E-state index >= 15 is 0 Å². The first-order valence-corrected chi connectivity index (χ1v) is 7.33. The van der Waals surface area contributed by atoms with Crippen molar-refractivity contribution in [1.82, 2.24) is 5.32 Å². The average Bonchev–Trinajstić information content (AvgIpc) is 2.87. The van der Waals surface area contributed by atoms with Gasteiger partial charge < -0.3 is 9.73 Å². The Morgan fingerprint density at radius 3 is 2.81 bits per heavy atom. The van der Waals surface area contributed by atoms with E-state index in [0.29, 0.717) is 12.1 Å². The third kappa shape index (κ3) is 2.83. The third-order valence-electron chi connectivity index (χ3n) is 3.39. The summed E-state index contributed by atoms with van der Waals surface area (Å²) < 4.78 is 5.64. The summed E-state index contributed by atoms with van der Waals surface area (Å²) in [5.74, 6) is 2.06. The van der Waals surface area contributed by atoms with Crippen molar-refractivity contribution in [3.63, 3.8) is 0 Å². The van der Waals surface area contributed by atoms with E-state index in [1.807, 2.05) is 24.8 Å². The summed E-state index contributed by atoms with van der Waals surface area (Å²) in [6.45, 7) is 4.18. The molecular formula is C13H21NOS. The number of nitrogens with one attached hydrogen (secondary N) is 1. The minimum absolute atomic E-state index is 0.333. The number of rotatable bonds is 4. The Morgan fingerprint density at radius 2 is 2.25 bits per heavy atom. The molecule has 0 aromatic carbocycles. The minimum Gasteiger partial charge on any atom is -0.465 e. The lowest BCUT2D eigenvalue weighted by Crippen LogP contribution is -2.29. The standard InChI is InChI=1S/C13H21NOS/c1-9-4-7-13(15-9)10(2)14-11-5-6-12(8-11)16-3/h4,7,10-12,14H,5-6,8H2,1-3H3/t10-,11-,12+/m0/s1. The van der Waals surface area contributed by atoms with Crippen molar-refractivity contribution >= 4 is 11.8 Å². The van der Waals surface area contributed by atoms with Crippen LogP contribution < -0.4 is 5.32 Å². The molecule has 16 heavy (non-hydrogen) atoms. The number of hydrogen-bond donors (Lipinski definition) is 1. The first-order valence-electron chi connectivity index (χ1n) is 6.04. The Balaban J connectivity index is 1.86. The molecule has 0 bridgehead atoms. The lowest BCUT2D eigenvalue weighted by atomic mass is 10.2. The van der Waals surface area contributed by atoms with Crippen molar-refractivity contribution < 1.29 is 4.42 Å². The largest absolute Gasteiger partial charge is 0.465 e. The highest BCUT2D eigenvalue weighted by atomic mass is 32.2. The van der Waals surface area contributed by atoms with E-state index in [9.17, 15) is 0 Å². The van der Waals surface area contributed by atoms with Gasteiger partial charge in [0.05, 0.1) is 6.04 Å². The average molecular weight is 239 g/mol. The molecule has 0 aliphatic heterocycles. The van der Waals surface area contributed by atoms with Gasteiger partial charge in [-0.3, -0.25) is 0 Å². The van der Waals surface area contributed by atoms with Crippen LogP contribution in [0.1, 0.15) is 43.7 Å². The number of furan rings is 1. The highest BCUT2D eigenvalue weighted by Crippen LogP contribution is 2.29. The first kappa shape index (κ1) is 12.1. The molecule has 1 fully saturated rings. The summed E-state index contributed by atoms with van der Waals surface area (Å²) >= 11 is 2.00. The van der Waals surface area contributed by atoms with Gasteiger partial charge in [-0.2, -0.15) is 11.8 Å². The molecule has 3 heteroatoms. The molecule has 0 radical (unpaired) electrons. The monoisotopic (exact) mass is 239 g/mol. The van der Waals surface area contributed by atoms with E-state index in [0.717, 1.165) is 16.8 Å². The van der Waals surface area contributed by atoms with E-state index in [1.54, 1.807) is 0 Å². The van der Waals surface area contributed by atoms with Crippen LogP contribution in [0.15, 0.2) is 16.5 Å². The predicted octanol–water partition coefficient (Wildman–Crippen LogP) is 3.52. The molecule has 0 saturated heterocycles. The first-order chi connectivity index (χ1) is 7.69. The Labute approximate surface area is 102 Å². The van der Waals surface area contributed by atoms with E-state index in [2.05, 4.69) is 24.6 Å². The zero-order valence-electron chi connectivity index (χ0n) is 10.3. The van der Waals surface area contributed by atoms with Gasteiger partial charge in [-0.05, 0) is 51.5 Å². The van der Waals surface area contributed by atoms with Gasteiger partial charge in [0.25, 0.3) is 0 Å². The third-order valence-corrected chi connectivity index (χ3v) is 4.49. The fourth-order valence-electron chi connectivity index (χ4n) is 2.43. The molecule has 1 aliphatic rings. The molecule has 2 rings (SSSR count). The molecule has 1 aromatic heterocycles. The molecule has 1 saturated carbocycles. The second-order valence-electron chi connectivity index (χ2n) is 4.70. The zero-order chi connectivity index (χ0) is 11.5. The van der Waals surface area contributed by atoms with Crippen LogP contribution in [0.5, 0.6) is 0 Å². The van der Waals surface area contributed by atoms with Crippen LogP contribution in [0, 0.1) is 6.92 Å². The number of hydrogen-bond acceptors (Lipinski definition) is 3. The summed E-state index contributed by atoms with van der Waals surface area (Å²) in [7, 11) is 0. The maximum absolute atomic E-state index is 5.64. The summed E-state index contributed by atoms with van der Waals surface area (Å²) in [6, 6.07) is 5.11. The highest BCUT2D eigenvalue weighted by molar-refractivity contribution is 7.99. The summed E-state index contributed by atoms with van der Waals surface area (Å²) in [5, 5.41) is 4.52. The lowest BCUT2D eigenvalue weighted by molar-refractivity contribution is 0.381.